The first kappa shape index (κ1) is 12.5. The van der Waals surface area contributed by atoms with Crippen molar-refractivity contribution >= 4 is 21.6 Å². The number of benzene rings is 1. The van der Waals surface area contributed by atoms with Gasteiger partial charge < -0.3 is 10.1 Å². The molecule has 1 atom stereocenters. The van der Waals surface area contributed by atoms with E-state index in [0.29, 0.717) is 12.3 Å². The van der Waals surface area contributed by atoms with E-state index in [1.807, 2.05) is 13.0 Å². The normalized spacial score (nSPS) is 12.5. The predicted octanol–water partition coefficient (Wildman–Crippen LogP) is 3.43. The van der Waals surface area contributed by atoms with Crippen molar-refractivity contribution in [3.05, 3.63) is 28.5 Å². The van der Waals surface area contributed by atoms with Gasteiger partial charge in [-0.3, -0.25) is 0 Å². The molecule has 0 aromatic heterocycles. The summed E-state index contributed by atoms with van der Waals surface area (Å²) in [5.74, 6) is -0.242. The van der Waals surface area contributed by atoms with Gasteiger partial charge in [0, 0.05) is 24.2 Å². The van der Waals surface area contributed by atoms with E-state index < -0.39 is 0 Å². The standard InChI is InChI=1S/C11H15BrFNO/c1-8(5-6-15-2)14-11-4-3-9(12)7-10(11)13/h3-4,7-8,14H,5-6H2,1-2H3. The molecule has 0 aliphatic carbocycles. The van der Waals surface area contributed by atoms with Crippen LogP contribution < -0.4 is 5.32 Å². The van der Waals surface area contributed by atoms with E-state index in [0.717, 1.165) is 10.9 Å². The van der Waals surface area contributed by atoms with Crippen LogP contribution in [0.1, 0.15) is 13.3 Å². The molecule has 0 aliphatic heterocycles. The highest BCUT2D eigenvalue weighted by molar-refractivity contribution is 9.10. The third-order valence-corrected chi connectivity index (χ3v) is 2.58. The lowest BCUT2D eigenvalue weighted by molar-refractivity contribution is 0.191. The number of rotatable bonds is 5. The lowest BCUT2D eigenvalue weighted by Crippen LogP contribution is -2.17. The average molecular weight is 276 g/mol. The SMILES string of the molecule is COCCC(C)Nc1ccc(Br)cc1F. The number of halogens is 2. The Bertz CT molecular complexity index is 319. The monoisotopic (exact) mass is 275 g/mol. The molecule has 1 rings (SSSR count). The lowest BCUT2D eigenvalue weighted by Gasteiger charge is -2.15. The Kier molecular flexibility index (Phi) is 5.05. The Morgan fingerprint density at radius 2 is 2.27 bits per heavy atom. The van der Waals surface area contributed by atoms with Gasteiger partial charge in [0.05, 0.1) is 5.69 Å². The van der Waals surface area contributed by atoms with Gasteiger partial charge in [0.1, 0.15) is 5.82 Å². The Hall–Kier alpha value is -0.610. The van der Waals surface area contributed by atoms with E-state index in [-0.39, 0.29) is 11.9 Å². The van der Waals surface area contributed by atoms with Crippen LogP contribution in [0, 0.1) is 5.82 Å². The lowest BCUT2D eigenvalue weighted by atomic mass is 10.2. The minimum absolute atomic E-state index is 0.195. The van der Waals surface area contributed by atoms with Gasteiger partial charge >= 0.3 is 0 Å². The molecule has 1 aromatic carbocycles. The van der Waals surface area contributed by atoms with Crippen molar-refractivity contribution in [1.29, 1.82) is 0 Å². The van der Waals surface area contributed by atoms with E-state index in [4.69, 9.17) is 4.74 Å². The molecule has 2 nitrogen and oxygen atoms in total. The number of nitrogens with one attached hydrogen (secondary N) is 1. The van der Waals surface area contributed by atoms with Crippen LogP contribution in [0.4, 0.5) is 10.1 Å². The maximum absolute atomic E-state index is 13.4. The smallest absolute Gasteiger partial charge is 0.147 e. The molecule has 0 spiro atoms. The summed E-state index contributed by atoms with van der Waals surface area (Å²) < 4.78 is 19.1. The zero-order valence-corrected chi connectivity index (χ0v) is 10.5. The second-order valence-corrected chi connectivity index (χ2v) is 4.37. The Labute approximate surface area is 98.0 Å². The molecule has 0 radical (unpaired) electrons. The minimum Gasteiger partial charge on any atom is -0.385 e. The van der Waals surface area contributed by atoms with Crippen molar-refractivity contribution < 1.29 is 9.13 Å². The number of methoxy groups -OCH3 is 1. The van der Waals surface area contributed by atoms with Gasteiger partial charge in [-0.2, -0.15) is 0 Å². The maximum Gasteiger partial charge on any atom is 0.147 e. The summed E-state index contributed by atoms with van der Waals surface area (Å²) >= 11 is 3.22. The van der Waals surface area contributed by atoms with E-state index in [1.165, 1.54) is 6.07 Å². The molecule has 0 saturated heterocycles. The van der Waals surface area contributed by atoms with Gasteiger partial charge in [-0.25, -0.2) is 4.39 Å². The van der Waals surface area contributed by atoms with Gasteiger partial charge in [-0.05, 0) is 31.5 Å². The average Bonchev–Trinajstić information content (AvgIpc) is 2.19. The molecule has 1 N–H and O–H groups in total. The van der Waals surface area contributed by atoms with Crippen LogP contribution in [0.3, 0.4) is 0 Å². The first-order chi connectivity index (χ1) is 7.13. The third kappa shape index (κ3) is 4.18. The summed E-state index contributed by atoms with van der Waals surface area (Å²) in [5, 5.41) is 3.10. The molecule has 0 aliphatic rings. The highest BCUT2D eigenvalue weighted by atomic mass is 79.9. The number of hydrogen-bond acceptors (Lipinski definition) is 2. The Morgan fingerprint density at radius 1 is 1.53 bits per heavy atom. The van der Waals surface area contributed by atoms with Crippen LogP contribution in [-0.4, -0.2) is 19.8 Å². The molecule has 0 fully saturated rings. The van der Waals surface area contributed by atoms with Crippen LogP contribution in [0.15, 0.2) is 22.7 Å². The molecule has 1 aromatic rings. The van der Waals surface area contributed by atoms with E-state index in [1.54, 1.807) is 13.2 Å². The van der Waals surface area contributed by atoms with Gasteiger partial charge in [0.2, 0.25) is 0 Å². The second-order valence-electron chi connectivity index (χ2n) is 3.45. The first-order valence-corrected chi connectivity index (χ1v) is 5.63. The number of anilines is 1. The fourth-order valence-corrected chi connectivity index (χ4v) is 1.57. The predicted molar refractivity (Wildman–Crippen MR) is 63.7 cm³/mol. The van der Waals surface area contributed by atoms with Gasteiger partial charge in [0.25, 0.3) is 0 Å². The van der Waals surface area contributed by atoms with Crippen molar-refractivity contribution in [3.8, 4) is 0 Å². The molecular weight excluding hydrogens is 261 g/mol. The summed E-state index contributed by atoms with van der Waals surface area (Å²) in [4.78, 5) is 0. The zero-order valence-electron chi connectivity index (χ0n) is 8.89. The first-order valence-electron chi connectivity index (χ1n) is 4.84. The number of hydrogen-bond donors (Lipinski definition) is 1. The van der Waals surface area contributed by atoms with E-state index in [9.17, 15) is 4.39 Å². The summed E-state index contributed by atoms with van der Waals surface area (Å²) in [5.41, 5.74) is 0.529. The summed E-state index contributed by atoms with van der Waals surface area (Å²) in [6, 6.07) is 5.18. The highest BCUT2D eigenvalue weighted by Gasteiger charge is 2.06. The molecule has 0 amide bonds. The molecule has 1 unspecified atom stereocenters. The second kappa shape index (κ2) is 6.08. The van der Waals surface area contributed by atoms with Crippen molar-refractivity contribution in [1.82, 2.24) is 0 Å². The molecule has 0 heterocycles. The van der Waals surface area contributed by atoms with E-state index >= 15 is 0 Å². The largest absolute Gasteiger partial charge is 0.385 e. The highest BCUT2D eigenvalue weighted by Crippen LogP contribution is 2.20. The van der Waals surface area contributed by atoms with Crippen molar-refractivity contribution in [2.45, 2.75) is 19.4 Å². The van der Waals surface area contributed by atoms with Crippen molar-refractivity contribution in [2.24, 2.45) is 0 Å². The fraction of sp³-hybridized carbons (Fsp3) is 0.455. The molecule has 84 valence electrons. The van der Waals surface area contributed by atoms with Crippen molar-refractivity contribution in [3.63, 3.8) is 0 Å². The molecule has 0 bridgehead atoms. The Balaban J connectivity index is 2.56. The summed E-state index contributed by atoms with van der Waals surface area (Å²) in [6.45, 7) is 2.67. The van der Waals surface area contributed by atoms with Gasteiger partial charge in [-0.15, -0.1) is 0 Å². The Morgan fingerprint density at radius 3 is 2.87 bits per heavy atom. The van der Waals surface area contributed by atoms with Crippen LogP contribution in [0.5, 0.6) is 0 Å². The van der Waals surface area contributed by atoms with Gasteiger partial charge in [-0.1, -0.05) is 15.9 Å². The van der Waals surface area contributed by atoms with E-state index in [2.05, 4.69) is 21.2 Å². The maximum atomic E-state index is 13.4. The molecular formula is C11H15BrFNO. The van der Waals surface area contributed by atoms with Crippen LogP contribution >= 0.6 is 15.9 Å². The molecule has 4 heteroatoms. The molecule has 0 saturated carbocycles. The van der Waals surface area contributed by atoms with Crippen LogP contribution in [0.2, 0.25) is 0 Å². The van der Waals surface area contributed by atoms with Crippen LogP contribution in [0.25, 0.3) is 0 Å². The zero-order chi connectivity index (χ0) is 11.3. The summed E-state index contributed by atoms with van der Waals surface area (Å²) in [6.07, 6.45) is 0.853. The topological polar surface area (TPSA) is 21.3 Å². The molecule has 15 heavy (non-hydrogen) atoms. The van der Waals surface area contributed by atoms with Gasteiger partial charge in [0.15, 0.2) is 0 Å². The third-order valence-electron chi connectivity index (χ3n) is 2.09. The van der Waals surface area contributed by atoms with Crippen molar-refractivity contribution in [2.75, 3.05) is 19.0 Å². The van der Waals surface area contributed by atoms with Crippen LogP contribution in [-0.2, 0) is 4.74 Å². The quantitative estimate of drug-likeness (QED) is 0.889. The fourth-order valence-electron chi connectivity index (χ4n) is 1.24. The summed E-state index contributed by atoms with van der Waals surface area (Å²) in [7, 11) is 1.66. The minimum atomic E-state index is -0.242. The number of ether oxygens (including phenoxy) is 1.